The number of rotatable bonds is 10. The van der Waals surface area contributed by atoms with Crippen LogP contribution < -0.4 is 14.8 Å². The van der Waals surface area contributed by atoms with Crippen LogP contribution in [0.15, 0.2) is 18.2 Å². The standard InChI is InChI=1S/C22H31N3O5/c1-7-9-12-29-18-11-10-17(13-19(18)28-8-2)22(27)30-16(5)21(26)23-20-14(3)24-25(6)15(20)4/h10-11,13,16H,7-9,12H2,1-6H3,(H,23,26)/t16-/m0/s1. The lowest BCUT2D eigenvalue weighted by atomic mass is 10.2. The summed E-state index contributed by atoms with van der Waals surface area (Å²) in [7, 11) is 1.80. The topological polar surface area (TPSA) is 91.7 Å². The summed E-state index contributed by atoms with van der Waals surface area (Å²) in [6, 6.07) is 4.86. The number of nitrogens with one attached hydrogen (secondary N) is 1. The Morgan fingerprint density at radius 2 is 1.90 bits per heavy atom. The summed E-state index contributed by atoms with van der Waals surface area (Å²) in [6.45, 7) is 10.1. The number of nitrogens with zero attached hydrogens (tertiary/aromatic N) is 2. The molecule has 0 spiro atoms. The van der Waals surface area contributed by atoms with Gasteiger partial charge < -0.3 is 19.5 Å². The van der Waals surface area contributed by atoms with Crippen molar-refractivity contribution in [3.8, 4) is 11.5 Å². The fourth-order valence-electron chi connectivity index (χ4n) is 2.81. The van der Waals surface area contributed by atoms with Gasteiger partial charge in [0.1, 0.15) is 0 Å². The Hall–Kier alpha value is -3.03. The second kappa shape index (κ2) is 10.7. The molecule has 0 saturated heterocycles. The third-order valence-corrected chi connectivity index (χ3v) is 4.64. The van der Waals surface area contributed by atoms with Crippen molar-refractivity contribution in [1.82, 2.24) is 9.78 Å². The molecule has 0 aliphatic heterocycles. The molecule has 0 radical (unpaired) electrons. The van der Waals surface area contributed by atoms with Gasteiger partial charge in [0.15, 0.2) is 17.6 Å². The number of hydrogen-bond donors (Lipinski definition) is 1. The molecule has 2 rings (SSSR count). The lowest BCUT2D eigenvalue weighted by molar-refractivity contribution is -0.123. The zero-order chi connectivity index (χ0) is 22.3. The van der Waals surface area contributed by atoms with Crippen molar-refractivity contribution < 1.29 is 23.8 Å². The number of unbranched alkanes of at least 4 members (excludes halogenated alkanes) is 1. The first-order valence-electron chi connectivity index (χ1n) is 10.2. The quantitative estimate of drug-likeness (QED) is 0.467. The van der Waals surface area contributed by atoms with Gasteiger partial charge in [-0.2, -0.15) is 5.10 Å². The number of hydrogen-bond acceptors (Lipinski definition) is 6. The SMILES string of the molecule is CCCCOc1ccc(C(=O)O[C@@H](C)C(=O)Nc2c(C)nn(C)c2C)cc1OCC. The van der Waals surface area contributed by atoms with Crippen molar-refractivity contribution in [2.75, 3.05) is 18.5 Å². The van der Waals surface area contributed by atoms with Crippen molar-refractivity contribution >= 4 is 17.6 Å². The molecular formula is C22H31N3O5. The number of carbonyl (C=O) groups excluding carboxylic acids is 2. The number of benzene rings is 1. The minimum atomic E-state index is -0.979. The third-order valence-electron chi connectivity index (χ3n) is 4.64. The fourth-order valence-corrected chi connectivity index (χ4v) is 2.81. The fraction of sp³-hybridized carbons (Fsp3) is 0.500. The van der Waals surface area contributed by atoms with Gasteiger partial charge in [-0.3, -0.25) is 9.48 Å². The lowest BCUT2D eigenvalue weighted by Gasteiger charge is -2.15. The number of aryl methyl sites for hydroxylation is 2. The number of carbonyl (C=O) groups is 2. The van der Waals surface area contributed by atoms with E-state index < -0.39 is 18.0 Å². The molecule has 164 valence electrons. The van der Waals surface area contributed by atoms with Crippen molar-refractivity contribution in [3.63, 3.8) is 0 Å². The monoisotopic (exact) mass is 417 g/mol. The van der Waals surface area contributed by atoms with Gasteiger partial charge in [-0.15, -0.1) is 0 Å². The molecular weight excluding hydrogens is 386 g/mol. The van der Waals surface area contributed by atoms with Crippen LogP contribution >= 0.6 is 0 Å². The minimum absolute atomic E-state index is 0.287. The maximum atomic E-state index is 12.6. The molecule has 1 aromatic carbocycles. The summed E-state index contributed by atoms with van der Waals surface area (Å²) in [5, 5.41) is 7.04. The van der Waals surface area contributed by atoms with E-state index in [4.69, 9.17) is 14.2 Å². The van der Waals surface area contributed by atoms with E-state index in [0.717, 1.165) is 18.5 Å². The van der Waals surface area contributed by atoms with E-state index in [2.05, 4.69) is 17.3 Å². The molecule has 8 nitrogen and oxygen atoms in total. The highest BCUT2D eigenvalue weighted by atomic mass is 16.5. The van der Waals surface area contributed by atoms with Gasteiger partial charge in [0.2, 0.25) is 0 Å². The first-order chi connectivity index (χ1) is 14.3. The van der Waals surface area contributed by atoms with E-state index in [9.17, 15) is 9.59 Å². The molecule has 1 N–H and O–H groups in total. The second-order valence-electron chi connectivity index (χ2n) is 7.00. The summed E-state index contributed by atoms with van der Waals surface area (Å²) < 4.78 is 18.4. The largest absolute Gasteiger partial charge is 0.490 e. The first kappa shape index (κ1) is 23.3. The van der Waals surface area contributed by atoms with Gasteiger partial charge in [-0.25, -0.2) is 4.79 Å². The Balaban J connectivity index is 2.06. The van der Waals surface area contributed by atoms with Gasteiger partial charge in [0, 0.05) is 7.05 Å². The van der Waals surface area contributed by atoms with Crippen LogP contribution in [0.5, 0.6) is 11.5 Å². The van der Waals surface area contributed by atoms with Crippen LogP contribution in [0.4, 0.5) is 5.69 Å². The highest BCUT2D eigenvalue weighted by Crippen LogP contribution is 2.29. The van der Waals surface area contributed by atoms with E-state index in [1.165, 1.54) is 6.92 Å². The average molecular weight is 418 g/mol. The van der Waals surface area contributed by atoms with Crippen molar-refractivity contribution in [2.24, 2.45) is 7.05 Å². The second-order valence-corrected chi connectivity index (χ2v) is 7.00. The van der Waals surface area contributed by atoms with Crippen LogP contribution in [0.3, 0.4) is 0 Å². The summed E-state index contributed by atoms with van der Waals surface area (Å²) in [5.74, 6) is 0.0161. The summed E-state index contributed by atoms with van der Waals surface area (Å²) in [4.78, 5) is 25.1. The molecule has 0 aliphatic carbocycles. The van der Waals surface area contributed by atoms with E-state index in [0.29, 0.717) is 36.1 Å². The molecule has 1 aromatic heterocycles. The summed E-state index contributed by atoms with van der Waals surface area (Å²) >= 11 is 0. The normalized spacial score (nSPS) is 11.7. The average Bonchev–Trinajstić information content (AvgIpc) is 2.95. The maximum Gasteiger partial charge on any atom is 0.339 e. The molecule has 0 unspecified atom stereocenters. The van der Waals surface area contributed by atoms with Gasteiger partial charge in [0.25, 0.3) is 5.91 Å². The van der Waals surface area contributed by atoms with Gasteiger partial charge in [0.05, 0.1) is 35.9 Å². The smallest absolute Gasteiger partial charge is 0.339 e. The molecule has 8 heteroatoms. The number of amides is 1. The lowest BCUT2D eigenvalue weighted by Crippen LogP contribution is -2.30. The predicted octanol–water partition coefficient (Wildman–Crippen LogP) is 3.80. The predicted molar refractivity (Wildman–Crippen MR) is 114 cm³/mol. The number of anilines is 1. The molecule has 2 aromatic rings. The van der Waals surface area contributed by atoms with E-state index in [1.807, 2.05) is 13.8 Å². The zero-order valence-corrected chi connectivity index (χ0v) is 18.6. The van der Waals surface area contributed by atoms with E-state index in [-0.39, 0.29) is 5.56 Å². The van der Waals surface area contributed by atoms with Gasteiger partial charge in [-0.1, -0.05) is 13.3 Å². The Labute approximate surface area is 177 Å². The first-order valence-corrected chi connectivity index (χ1v) is 10.2. The Kier molecular flexibility index (Phi) is 8.26. The molecule has 1 heterocycles. The number of esters is 1. The molecule has 1 atom stereocenters. The molecule has 0 aliphatic rings. The third kappa shape index (κ3) is 5.75. The van der Waals surface area contributed by atoms with Gasteiger partial charge >= 0.3 is 5.97 Å². The number of aromatic nitrogens is 2. The Morgan fingerprint density at radius 3 is 2.50 bits per heavy atom. The minimum Gasteiger partial charge on any atom is -0.490 e. The van der Waals surface area contributed by atoms with Crippen LogP contribution in [0.2, 0.25) is 0 Å². The molecule has 1 amide bonds. The Bertz CT molecular complexity index is 891. The molecule has 0 bridgehead atoms. The maximum absolute atomic E-state index is 12.6. The zero-order valence-electron chi connectivity index (χ0n) is 18.6. The summed E-state index contributed by atoms with van der Waals surface area (Å²) in [5.41, 5.74) is 2.42. The Morgan fingerprint density at radius 1 is 1.17 bits per heavy atom. The van der Waals surface area contributed by atoms with Crippen LogP contribution in [-0.2, 0) is 16.6 Å². The molecule has 0 fully saturated rings. The molecule has 30 heavy (non-hydrogen) atoms. The number of ether oxygens (including phenoxy) is 3. The summed E-state index contributed by atoms with van der Waals surface area (Å²) in [6.07, 6.45) is 0.970. The van der Waals surface area contributed by atoms with Crippen molar-refractivity contribution in [2.45, 2.75) is 53.6 Å². The van der Waals surface area contributed by atoms with Crippen LogP contribution in [0.25, 0.3) is 0 Å². The van der Waals surface area contributed by atoms with E-state index in [1.54, 1.807) is 36.9 Å². The molecule has 0 saturated carbocycles. The van der Waals surface area contributed by atoms with Crippen LogP contribution in [-0.4, -0.2) is 41.0 Å². The van der Waals surface area contributed by atoms with E-state index >= 15 is 0 Å². The van der Waals surface area contributed by atoms with Crippen molar-refractivity contribution in [3.05, 3.63) is 35.2 Å². The highest BCUT2D eigenvalue weighted by molar-refractivity contribution is 5.98. The van der Waals surface area contributed by atoms with Crippen LogP contribution in [0.1, 0.15) is 55.4 Å². The highest BCUT2D eigenvalue weighted by Gasteiger charge is 2.22. The van der Waals surface area contributed by atoms with Crippen LogP contribution in [0, 0.1) is 13.8 Å². The van der Waals surface area contributed by atoms with Gasteiger partial charge in [-0.05, 0) is 52.3 Å². The van der Waals surface area contributed by atoms with Crippen molar-refractivity contribution in [1.29, 1.82) is 0 Å².